The zero-order valence-electron chi connectivity index (χ0n) is 19.2. The molecule has 0 atom stereocenters. The molecule has 0 saturated carbocycles. The van der Waals surface area contributed by atoms with Crippen molar-refractivity contribution in [3.05, 3.63) is 93.0 Å². The van der Waals surface area contributed by atoms with Gasteiger partial charge in [0.1, 0.15) is 0 Å². The van der Waals surface area contributed by atoms with Crippen molar-refractivity contribution in [2.45, 2.75) is 26.8 Å². The van der Waals surface area contributed by atoms with E-state index in [2.05, 4.69) is 47.6 Å². The number of halogens is 2. The Morgan fingerprint density at radius 1 is 0.941 bits per heavy atom. The summed E-state index contributed by atoms with van der Waals surface area (Å²) in [5.41, 5.74) is 4.81. The summed E-state index contributed by atoms with van der Waals surface area (Å²) in [4.78, 5) is 28.2. The molecule has 2 amide bonds. The molecule has 0 saturated heterocycles. The van der Waals surface area contributed by atoms with Gasteiger partial charge in [-0.2, -0.15) is 0 Å². The lowest BCUT2D eigenvalue weighted by molar-refractivity contribution is 0.0948. The van der Waals surface area contributed by atoms with Crippen molar-refractivity contribution in [1.82, 2.24) is 5.32 Å². The van der Waals surface area contributed by atoms with Crippen LogP contribution in [0.15, 0.2) is 60.7 Å². The van der Waals surface area contributed by atoms with Crippen LogP contribution in [-0.4, -0.2) is 24.9 Å². The average Bonchev–Trinajstić information content (AvgIpc) is 2.82. The van der Waals surface area contributed by atoms with Gasteiger partial charge in [0, 0.05) is 36.0 Å². The largest absolute Gasteiger partial charge is 0.366 e. The monoisotopic (exact) mass is 495 g/mol. The van der Waals surface area contributed by atoms with Gasteiger partial charge in [-0.15, -0.1) is 0 Å². The first-order valence-corrected chi connectivity index (χ1v) is 12.1. The number of benzene rings is 3. The highest BCUT2D eigenvalue weighted by Crippen LogP contribution is 2.30. The van der Waals surface area contributed by atoms with Crippen LogP contribution in [0.3, 0.4) is 0 Å². The van der Waals surface area contributed by atoms with E-state index in [0.29, 0.717) is 34.3 Å². The van der Waals surface area contributed by atoms with Gasteiger partial charge in [0.05, 0.1) is 16.1 Å². The van der Waals surface area contributed by atoms with Gasteiger partial charge >= 0.3 is 0 Å². The lowest BCUT2D eigenvalue weighted by Gasteiger charge is -2.32. The fraction of sp³-hybridized carbons (Fsp3) is 0.259. The van der Waals surface area contributed by atoms with E-state index in [9.17, 15) is 9.59 Å². The number of carbonyl (C=O) groups is 2. The molecule has 7 heteroatoms. The number of carbonyl (C=O) groups excluding carboxylic acids is 2. The van der Waals surface area contributed by atoms with Gasteiger partial charge in [-0.05, 0) is 59.9 Å². The number of nitrogens with zero attached hydrogens (tertiary/aromatic N) is 1. The van der Waals surface area contributed by atoms with E-state index in [-0.39, 0.29) is 16.8 Å². The molecule has 4 rings (SSSR count). The van der Waals surface area contributed by atoms with Crippen LogP contribution < -0.4 is 15.5 Å². The van der Waals surface area contributed by atoms with Crippen LogP contribution in [-0.2, 0) is 13.0 Å². The van der Waals surface area contributed by atoms with Gasteiger partial charge in [-0.1, -0.05) is 61.3 Å². The summed E-state index contributed by atoms with van der Waals surface area (Å²) < 4.78 is 0. The molecule has 1 aliphatic rings. The molecule has 0 aliphatic carbocycles. The molecule has 1 aliphatic heterocycles. The second kappa shape index (κ2) is 10.5. The summed E-state index contributed by atoms with van der Waals surface area (Å²) in [7, 11) is 0. The molecule has 0 spiro atoms. The maximum absolute atomic E-state index is 13.2. The highest BCUT2D eigenvalue weighted by Gasteiger charge is 2.22. The van der Waals surface area contributed by atoms with E-state index in [4.69, 9.17) is 23.2 Å². The number of hydrogen-bond donors (Lipinski definition) is 2. The number of anilines is 2. The first-order chi connectivity index (χ1) is 16.3. The van der Waals surface area contributed by atoms with Crippen LogP contribution in [0.1, 0.15) is 45.7 Å². The van der Waals surface area contributed by atoms with Gasteiger partial charge < -0.3 is 15.5 Å². The third-order valence-corrected chi connectivity index (χ3v) is 6.36. The van der Waals surface area contributed by atoms with E-state index in [1.54, 1.807) is 18.2 Å². The van der Waals surface area contributed by atoms with E-state index >= 15 is 0 Å². The Hall–Kier alpha value is -3.02. The average molecular weight is 496 g/mol. The Labute approximate surface area is 210 Å². The van der Waals surface area contributed by atoms with E-state index in [1.807, 2.05) is 18.2 Å². The second-order valence-corrected chi connectivity index (χ2v) is 9.70. The van der Waals surface area contributed by atoms with Crippen LogP contribution in [0.25, 0.3) is 0 Å². The molecule has 3 aromatic carbocycles. The number of rotatable bonds is 6. The lowest BCUT2D eigenvalue weighted by atomic mass is 9.98. The standard InChI is InChI=1S/C27H27Cl2N3O2/c1-17(2)15-30-26(33)23-14-21(31-27(34)22-9-7-20(28)13-24(22)29)8-10-25(23)32-12-11-18-5-3-4-6-19(18)16-32/h3-10,13-14,17H,11-12,15-16H2,1-2H3,(H,30,33)(H,31,34). The molecular weight excluding hydrogens is 469 g/mol. The quantitative estimate of drug-likeness (QED) is 0.428. The number of hydrogen-bond acceptors (Lipinski definition) is 3. The smallest absolute Gasteiger partial charge is 0.257 e. The molecule has 0 bridgehead atoms. The predicted octanol–water partition coefficient (Wildman–Crippen LogP) is 6.19. The van der Waals surface area contributed by atoms with E-state index < -0.39 is 0 Å². The van der Waals surface area contributed by atoms with Crippen LogP contribution in [0.4, 0.5) is 11.4 Å². The first kappa shape index (κ1) is 24.1. The fourth-order valence-corrected chi connectivity index (χ4v) is 4.53. The molecule has 0 fully saturated rings. The minimum atomic E-state index is -0.366. The van der Waals surface area contributed by atoms with E-state index in [1.165, 1.54) is 17.2 Å². The number of fused-ring (bicyclic) bond motifs is 1. The highest BCUT2D eigenvalue weighted by atomic mass is 35.5. The Morgan fingerprint density at radius 3 is 2.44 bits per heavy atom. The highest BCUT2D eigenvalue weighted by molar-refractivity contribution is 6.37. The molecule has 0 unspecified atom stereocenters. The summed E-state index contributed by atoms with van der Waals surface area (Å²) in [6.45, 7) is 6.21. The SMILES string of the molecule is CC(C)CNC(=O)c1cc(NC(=O)c2ccc(Cl)cc2Cl)ccc1N1CCc2ccccc2C1. The summed E-state index contributed by atoms with van der Waals surface area (Å²) in [5.74, 6) is -0.206. The third kappa shape index (κ3) is 5.54. The van der Waals surface area contributed by atoms with Gasteiger partial charge in [0.2, 0.25) is 0 Å². The van der Waals surface area contributed by atoms with Crippen molar-refractivity contribution >= 4 is 46.4 Å². The summed E-state index contributed by atoms with van der Waals surface area (Å²) in [5, 5.41) is 6.59. The summed E-state index contributed by atoms with van der Waals surface area (Å²) in [6.07, 6.45) is 0.913. The normalized spacial score (nSPS) is 12.9. The third-order valence-electron chi connectivity index (χ3n) is 5.82. The predicted molar refractivity (Wildman–Crippen MR) is 139 cm³/mol. The van der Waals surface area contributed by atoms with Crippen LogP contribution in [0.5, 0.6) is 0 Å². The first-order valence-electron chi connectivity index (χ1n) is 11.3. The summed E-state index contributed by atoms with van der Waals surface area (Å²) in [6, 6.07) is 18.6. The molecule has 176 valence electrons. The number of nitrogens with one attached hydrogen (secondary N) is 2. The van der Waals surface area contributed by atoms with Crippen LogP contribution >= 0.6 is 23.2 Å². The molecule has 1 heterocycles. The minimum absolute atomic E-state index is 0.164. The van der Waals surface area contributed by atoms with Crippen molar-refractivity contribution in [3.63, 3.8) is 0 Å². The molecular formula is C27H27Cl2N3O2. The van der Waals surface area contributed by atoms with Gasteiger partial charge in [0.15, 0.2) is 0 Å². The Balaban J connectivity index is 1.63. The number of amides is 2. The van der Waals surface area contributed by atoms with Crippen LogP contribution in [0.2, 0.25) is 10.0 Å². The lowest BCUT2D eigenvalue weighted by Crippen LogP contribution is -2.34. The van der Waals surface area contributed by atoms with Crippen molar-refractivity contribution in [2.75, 3.05) is 23.3 Å². The Kier molecular flexibility index (Phi) is 7.44. The zero-order chi connectivity index (χ0) is 24.2. The fourth-order valence-electron chi connectivity index (χ4n) is 4.04. The van der Waals surface area contributed by atoms with Gasteiger partial charge in [0.25, 0.3) is 11.8 Å². The van der Waals surface area contributed by atoms with Crippen molar-refractivity contribution in [2.24, 2.45) is 5.92 Å². The summed E-state index contributed by atoms with van der Waals surface area (Å²) >= 11 is 12.1. The molecule has 3 aromatic rings. The Morgan fingerprint density at radius 2 is 1.71 bits per heavy atom. The van der Waals surface area contributed by atoms with Gasteiger partial charge in [-0.25, -0.2) is 0 Å². The maximum Gasteiger partial charge on any atom is 0.257 e. The minimum Gasteiger partial charge on any atom is -0.366 e. The molecule has 0 radical (unpaired) electrons. The topological polar surface area (TPSA) is 61.4 Å². The molecule has 34 heavy (non-hydrogen) atoms. The molecule has 2 N–H and O–H groups in total. The zero-order valence-corrected chi connectivity index (χ0v) is 20.7. The van der Waals surface area contributed by atoms with Crippen molar-refractivity contribution in [1.29, 1.82) is 0 Å². The second-order valence-electron chi connectivity index (χ2n) is 8.85. The van der Waals surface area contributed by atoms with Gasteiger partial charge in [-0.3, -0.25) is 9.59 Å². The van der Waals surface area contributed by atoms with Crippen molar-refractivity contribution < 1.29 is 9.59 Å². The molecule has 0 aromatic heterocycles. The van der Waals surface area contributed by atoms with E-state index in [0.717, 1.165) is 25.2 Å². The Bertz CT molecular complexity index is 1230. The molecule has 5 nitrogen and oxygen atoms in total. The van der Waals surface area contributed by atoms with Crippen molar-refractivity contribution in [3.8, 4) is 0 Å². The maximum atomic E-state index is 13.2. The van der Waals surface area contributed by atoms with Crippen LogP contribution in [0, 0.1) is 5.92 Å².